The lowest BCUT2D eigenvalue weighted by atomic mass is 9.88. The summed E-state index contributed by atoms with van der Waals surface area (Å²) in [6.45, 7) is 10.6. The first kappa shape index (κ1) is 14.5. The molecule has 0 aromatic rings. The molecule has 4 heteroatoms. The summed E-state index contributed by atoms with van der Waals surface area (Å²) in [5, 5.41) is 0. The van der Waals surface area contributed by atoms with Gasteiger partial charge >= 0.3 is 5.97 Å². The topological polar surface area (TPSA) is 44.8 Å². The van der Waals surface area contributed by atoms with Gasteiger partial charge in [0.25, 0.3) is 0 Å². The van der Waals surface area contributed by atoms with Crippen molar-refractivity contribution in [2.24, 2.45) is 5.41 Å². The van der Waals surface area contributed by atoms with Gasteiger partial charge in [0.2, 0.25) is 0 Å². The molecule has 1 saturated heterocycles. The Morgan fingerprint density at radius 3 is 2.24 bits per heavy atom. The van der Waals surface area contributed by atoms with E-state index in [-0.39, 0.29) is 17.7 Å². The Kier molecular flexibility index (Phi) is 4.55. The first-order chi connectivity index (χ1) is 7.85. The summed E-state index contributed by atoms with van der Waals surface area (Å²) >= 11 is 0. The summed E-state index contributed by atoms with van der Waals surface area (Å²) in [7, 11) is 0. The molecule has 1 aliphatic heterocycles. The zero-order valence-corrected chi connectivity index (χ0v) is 11.5. The number of rotatable bonds is 4. The van der Waals surface area contributed by atoms with Crippen LogP contribution in [0.5, 0.6) is 0 Å². The van der Waals surface area contributed by atoms with Crippen LogP contribution in [0.1, 0.15) is 47.5 Å². The summed E-state index contributed by atoms with van der Waals surface area (Å²) in [5.74, 6) is -0.285. The van der Waals surface area contributed by atoms with Gasteiger partial charge in [-0.25, -0.2) is 0 Å². The molecule has 17 heavy (non-hydrogen) atoms. The summed E-state index contributed by atoms with van der Waals surface area (Å²) in [4.78, 5) is 11.1. The second-order valence-electron chi connectivity index (χ2n) is 5.43. The third kappa shape index (κ3) is 3.42. The summed E-state index contributed by atoms with van der Waals surface area (Å²) in [5.41, 5.74) is -0.623. The molecule has 0 unspecified atom stereocenters. The number of hydrogen-bond donors (Lipinski definition) is 0. The van der Waals surface area contributed by atoms with E-state index >= 15 is 0 Å². The Morgan fingerprint density at radius 2 is 1.88 bits per heavy atom. The van der Waals surface area contributed by atoms with Crippen molar-refractivity contribution in [3.05, 3.63) is 0 Å². The van der Waals surface area contributed by atoms with E-state index in [1.165, 1.54) is 6.92 Å². The zero-order chi connectivity index (χ0) is 13.1. The molecule has 1 fully saturated rings. The second kappa shape index (κ2) is 5.36. The van der Waals surface area contributed by atoms with Gasteiger partial charge in [-0.3, -0.25) is 4.79 Å². The highest BCUT2D eigenvalue weighted by atomic mass is 16.7. The molecule has 0 bridgehead atoms. The molecule has 100 valence electrons. The van der Waals surface area contributed by atoms with E-state index in [0.29, 0.717) is 19.6 Å². The van der Waals surface area contributed by atoms with Crippen LogP contribution in [0.15, 0.2) is 0 Å². The number of esters is 1. The second-order valence-corrected chi connectivity index (χ2v) is 5.43. The van der Waals surface area contributed by atoms with Crippen molar-refractivity contribution >= 4 is 5.97 Å². The number of hydrogen-bond acceptors (Lipinski definition) is 4. The van der Waals surface area contributed by atoms with Crippen LogP contribution in [0, 0.1) is 5.41 Å². The van der Waals surface area contributed by atoms with Crippen molar-refractivity contribution in [2.45, 2.75) is 59.4 Å². The van der Waals surface area contributed by atoms with Crippen molar-refractivity contribution in [1.82, 2.24) is 0 Å². The van der Waals surface area contributed by atoms with Gasteiger partial charge in [-0.05, 0) is 12.8 Å². The minimum absolute atomic E-state index is 0.0177. The van der Waals surface area contributed by atoms with Crippen LogP contribution in [-0.4, -0.2) is 31.1 Å². The largest absolute Gasteiger partial charge is 0.454 e. The van der Waals surface area contributed by atoms with Gasteiger partial charge in [0.1, 0.15) is 0 Å². The molecule has 1 rings (SSSR count). The fourth-order valence-electron chi connectivity index (χ4n) is 1.80. The predicted molar refractivity (Wildman–Crippen MR) is 64.6 cm³/mol. The number of carbonyl (C=O) groups is 1. The number of ether oxygens (including phenoxy) is 3. The third-order valence-electron chi connectivity index (χ3n) is 3.55. The van der Waals surface area contributed by atoms with Gasteiger partial charge < -0.3 is 14.2 Å². The molecule has 1 aliphatic rings. The van der Waals surface area contributed by atoms with E-state index < -0.39 is 5.60 Å². The van der Waals surface area contributed by atoms with E-state index in [1.54, 1.807) is 0 Å². The summed E-state index contributed by atoms with van der Waals surface area (Å²) in [6.07, 6.45) is 1.46. The van der Waals surface area contributed by atoms with Gasteiger partial charge in [0, 0.05) is 12.3 Å². The Hall–Kier alpha value is -0.610. The van der Waals surface area contributed by atoms with Crippen LogP contribution in [-0.2, 0) is 19.0 Å². The monoisotopic (exact) mass is 244 g/mol. The lowest BCUT2D eigenvalue weighted by molar-refractivity contribution is -0.290. The van der Waals surface area contributed by atoms with Crippen LogP contribution < -0.4 is 0 Å². The standard InChI is InChI=1S/C13H24O4/c1-6-12(4,5)11-15-8-13(7-2,9-16-11)17-10(3)14/h11H,6-9H2,1-5H3. The molecule has 0 atom stereocenters. The highest BCUT2D eigenvalue weighted by Crippen LogP contribution is 2.34. The van der Waals surface area contributed by atoms with Gasteiger partial charge in [0.15, 0.2) is 11.9 Å². The van der Waals surface area contributed by atoms with Crippen molar-refractivity contribution in [3.8, 4) is 0 Å². The number of carbonyl (C=O) groups excluding carboxylic acids is 1. The fourth-order valence-corrected chi connectivity index (χ4v) is 1.80. The van der Waals surface area contributed by atoms with Crippen molar-refractivity contribution < 1.29 is 19.0 Å². The maximum Gasteiger partial charge on any atom is 0.303 e. The van der Waals surface area contributed by atoms with E-state index in [0.717, 1.165) is 6.42 Å². The first-order valence-corrected chi connectivity index (χ1v) is 6.28. The van der Waals surface area contributed by atoms with Crippen LogP contribution in [0.3, 0.4) is 0 Å². The molecule has 0 saturated carbocycles. The first-order valence-electron chi connectivity index (χ1n) is 6.28. The van der Waals surface area contributed by atoms with Crippen molar-refractivity contribution in [2.75, 3.05) is 13.2 Å². The van der Waals surface area contributed by atoms with E-state index in [2.05, 4.69) is 20.8 Å². The zero-order valence-electron chi connectivity index (χ0n) is 11.5. The molecule has 1 heterocycles. The lowest BCUT2D eigenvalue weighted by Crippen LogP contribution is -2.53. The molecule has 0 radical (unpaired) electrons. The molecule has 0 amide bonds. The van der Waals surface area contributed by atoms with Gasteiger partial charge in [0.05, 0.1) is 13.2 Å². The van der Waals surface area contributed by atoms with Crippen LogP contribution in [0.4, 0.5) is 0 Å². The van der Waals surface area contributed by atoms with Crippen LogP contribution in [0.2, 0.25) is 0 Å². The molecule has 4 nitrogen and oxygen atoms in total. The van der Waals surface area contributed by atoms with Gasteiger partial charge in [-0.15, -0.1) is 0 Å². The average Bonchev–Trinajstić information content (AvgIpc) is 2.29. The fraction of sp³-hybridized carbons (Fsp3) is 0.923. The predicted octanol–water partition coefficient (Wildman–Crippen LogP) is 2.51. The lowest BCUT2D eigenvalue weighted by Gasteiger charge is -2.43. The maximum atomic E-state index is 11.1. The van der Waals surface area contributed by atoms with Crippen molar-refractivity contribution in [1.29, 1.82) is 0 Å². The van der Waals surface area contributed by atoms with E-state index in [4.69, 9.17) is 14.2 Å². The minimum Gasteiger partial charge on any atom is -0.454 e. The molecule has 0 aromatic carbocycles. The molecule has 0 spiro atoms. The van der Waals surface area contributed by atoms with E-state index in [9.17, 15) is 4.79 Å². The van der Waals surface area contributed by atoms with Gasteiger partial charge in [-0.2, -0.15) is 0 Å². The molecule has 0 N–H and O–H groups in total. The Labute approximate surface area is 104 Å². The maximum absolute atomic E-state index is 11.1. The summed E-state index contributed by atoms with van der Waals surface area (Å²) < 4.78 is 16.8. The molecule has 0 aliphatic carbocycles. The summed E-state index contributed by atoms with van der Waals surface area (Å²) in [6, 6.07) is 0. The molecular weight excluding hydrogens is 220 g/mol. The van der Waals surface area contributed by atoms with Gasteiger partial charge in [-0.1, -0.05) is 27.7 Å². The highest BCUT2D eigenvalue weighted by molar-refractivity contribution is 5.66. The molecular formula is C13H24O4. The Bertz CT molecular complexity index is 265. The van der Waals surface area contributed by atoms with Crippen LogP contribution >= 0.6 is 0 Å². The molecule has 0 aromatic heterocycles. The third-order valence-corrected chi connectivity index (χ3v) is 3.55. The SMILES string of the molecule is CCC1(OC(C)=O)COC(C(C)(C)CC)OC1. The minimum atomic E-state index is -0.605. The van der Waals surface area contributed by atoms with E-state index in [1.807, 2.05) is 6.92 Å². The van der Waals surface area contributed by atoms with Crippen molar-refractivity contribution in [3.63, 3.8) is 0 Å². The Morgan fingerprint density at radius 1 is 1.35 bits per heavy atom. The van der Waals surface area contributed by atoms with Crippen LogP contribution in [0.25, 0.3) is 0 Å². The Balaban J connectivity index is 2.62. The quantitative estimate of drug-likeness (QED) is 0.713. The smallest absolute Gasteiger partial charge is 0.303 e. The normalized spacial score (nSPS) is 30.1. The highest BCUT2D eigenvalue weighted by Gasteiger charge is 2.42. The average molecular weight is 244 g/mol.